The standard InChI is InChI=1S/C18H30N6O3/c19-14-6-4-12(5-7-14)9-20-17-16(24(26)27)11-22-18(23-17)21-10-13-2-1-3-15(25)8-13/h11-15,25H,1-10,19H2,(H2,20,21,22,23)/t12-,13-,14-,15-/m0/s1. The average molecular weight is 378 g/mol. The second-order valence-corrected chi connectivity index (χ2v) is 7.91. The fourth-order valence-corrected chi connectivity index (χ4v) is 4.04. The predicted molar refractivity (Wildman–Crippen MR) is 104 cm³/mol. The molecule has 150 valence electrons. The highest BCUT2D eigenvalue weighted by Gasteiger charge is 2.23. The number of anilines is 2. The maximum absolute atomic E-state index is 11.3. The van der Waals surface area contributed by atoms with Gasteiger partial charge < -0.3 is 21.5 Å². The number of aliphatic hydroxyl groups is 1. The van der Waals surface area contributed by atoms with Crippen molar-refractivity contribution in [2.45, 2.75) is 63.5 Å². The topological polar surface area (TPSA) is 139 Å². The van der Waals surface area contributed by atoms with Gasteiger partial charge in [-0.25, -0.2) is 4.98 Å². The van der Waals surface area contributed by atoms with Gasteiger partial charge in [0.05, 0.1) is 11.0 Å². The lowest BCUT2D eigenvalue weighted by Gasteiger charge is -2.26. The van der Waals surface area contributed by atoms with Crippen LogP contribution in [0.3, 0.4) is 0 Å². The molecule has 27 heavy (non-hydrogen) atoms. The van der Waals surface area contributed by atoms with Crippen LogP contribution < -0.4 is 16.4 Å². The van der Waals surface area contributed by atoms with Gasteiger partial charge in [-0.3, -0.25) is 10.1 Å². The van der Waals surface area contributed by atoms with Gasteiger partial charge in [0.15, 0.2) is 0 Å². The van der Waals surface area contributed by atoms with Crippen molar-refractivity contribution >= 4 is 17.5 Å². The second kappa shape index (κ2) is 9.27. The average Bonchev–Trinajstić information content (AvgIpc) is 2.66. The minimum atomic E-state index is -0.458. The summed E-state index contributed by atoms with van der Waals surface area (Å²) in [7, 11) is 0. The number of aliphatic hydroxyl groups excluding tert-OH is 1. The highest BCUT2D eigenvalue weighted by molar-refractivity contribution is 5.57. The molecule has 5 N–H and O–H groups in total. The number of nitro groups is 1. The minimum Gasteiger partial charge on any atom is -0.393 e. The number of hydrogen-bond donors (Lipinski definition) is 4. The van der Waals surface area contributed by atoms with Crippen LogP contribution in [0.2, 0.25) is 0 Å². The number of nitrogens with zero attached hydrogens (tertiary/aromatic N) is 3. The van der Waals surface area contributed by atoms with Crippen molar-refractivity contribution in [2.75, 3.05) is 23.7 Å². The third-order valence-electron chi connectivity index (χ3n) is 5.72. The fraction of sp³-hybridized carbons (Fsp3) is 0.778. The molecule has 2 aliphatic rings. The second-order valence-electron chi connectivity index (χ2n) is 7.91. The minimum absolute atomic E-state index is 0.110. The Bertz CT molecular complexity index is 636. The summed E-state index contributed by atoms with van der Waals surface area (Å²) in [6, 6.07) is 0.281. The summed E-state index contributed by atoms with van der Waals surface area (Å²) in [6.45, 7) is 1.31. The highest BCUT2D eigenvalue weighted by atomic mass is 16.6. The number of nitrogens with one attached hydrogen (secondary N) is 2. The van der Waals surface area contributed by atoms with Crippen LogP contribution in [-0.2, 0) is 0 Å². The highest BCUT2D eigenvalue weighted by Crippen LogP contribution is 2.27. The Morgan fingerprint density at radius 1 is 1.15 bits per heavy atom. The van der Waals surface area contributed by atoms with Gasteiger partial charge in [0.1, 0.15) is 6.20 Å². The van der Waals surface area contributed by atoms with Crippen LogP contribution in [0.5, 0.6) is 0 Å². The summed E-state index contributed by atoms with van der Waals surface area (Å²) < 4.78 is 0. The molecular weight excluding hydrogens is 348 g/mol. The van der Waals surface area contributed by atoms with E-state index in [0.717, 1.165) is 51.4 Å². The van der Waals surface area contributed by atoms with Crippen molar-refractivity contribution in [1.82, 2.24) is 9.97 Å². The monoisotopic (exact) mass is 378 g/mol. The van der Waals surface area contributed by atoms with Crippen LogP contribution >= 0.6 is 0 Å². The molecule has 1 aromatic rings. The molecular formula is C18H30N6O3. The van der Waals surface area contributed by atoms with Gasteiger partial charge in [-0.1, -0.05) is 6.42 Å². The van der Waals surface area contributed by atoms with Gasteiger partial charge in [0.25, 0.3) is 0 Å². The van der Waals surface area contributed by atoms with Gasteiger partial charge >= 0.3 is 5.69 Å². The van der Waals surface area contributed by atoms with E-state index in [9.17, 15) is 15.2 Å². The smallest absolute Gasteiger partial charge is 0.329 e. The van der Waals surface area contributed by atoms with E-state index in [1.54, 1.807) is 0 Å². The van der Waals surface area contributed by atoms with E-state index < -0.39 is 4.92 Å². The van der Waals surface area contributed by atoms with Crippen molar-refractivity contribution in [1.29, 1.82) is 0 Å². The van der Waals surface area contributed by atoms with E-state index in [4.69, 9.17) is 5.73 Å². The van der Waals surface area contributed by atoms with Crippen LogP contribution in [0.4, 0.5) is 17.5 Å². The van der Waals surface area contributed by atoms with Crippen LogP contribution in [0.1, 0.15) is 51.4 Å². The van der Waals surface area contributed by atoms with Crippen LogP contribution in [0.15, 0.2) is 6.20 Å². The van der Waals surface area contributed by atoms with E-state index in [0.29, 0.717) is 30.9 Å². The summed E-state index contributed by atoms with van der Waals surface area (Å²) >= 11 is 0. The zero-order valence-corrected chi connectivity index (χ0v) is 15.6. The Labute approximate surface area is 159 Å². The molecule has 1 aromatic heterocycles. The van der Waals surface area contributed by atoms with Gasteiger partial charge in [-0.2, -0.15) is 4.98 Å². The summed E-state index contributed by atoms with van der Waals surface area (Å²) in [4.78, 5) is 19.3. The molecule has 1 heterocycles. The number of hydrogen-bond acceptors (Lipinski definition) is 8. The van der Waals surface area contributed by atoms with E-state index in [2.05, 4.69) is 20.6 Å². The van der Waals surface area contributed by atoms with E-state index >= 15 is 0 Å². The third-order valence-corrected chi connectivity index (χ3v) is 5.72. The normalized spacial score (nSPS) is 28.5. The number of aromatic nitrogens is 2. The van der Waals surface area contributed by atoms with Crippen molar-refractivity contribution < 1.29 is 10.0 Å². The fourth-order valence-electron chi connectivity index (χ4n) is 4.04. The molecule has 0 amide bonds. The zero-order chi connectivity index (χ0) is 19.2. The lowest BCUT2D eigenvalue weighted by molar-refractivity contribution is -0.384. The van der Waals surface area contributed by atoms with E-state index in [1.165, 1.54) is 6.20 Å². The Morgan fingerprint density at radius 2 is 1.89 bits per heavy atom. The summed E-state index contributed by atoms with van der Waals surface area (Å²) in [5.41, 5.74) is 5.83. The molecule has 2 fully saturated rings. The summed E-state index contributed by atoms with van der Waals surface area (Å²) in [5.74, 6) is 1.47. The first-order valence-corrected chi connectivity index (χ1v) is 9.94. The molecule has 2 saturated carbocycles. The first kappa shape index (κ1) is 19.8. The van der Waals surface area contributed by atoms with Crippen molar-refractivity contribution in [3.05, 3.63) is 16.3 Å². The first-order chi connectivity index (χ1) is 13.0. The van der Waals surface area contributed by atoms with Gasteiger partial charge in [0, 0.05) is 19.1 Å². The predicted octanol–water partition coefficient (Wildman–Crippen LogP) is 2.28. The molecule has 2 atom stereocenters. The molecule has 0 unspecified atom stereocenters. The zero-order valence-electron chi connectivity index (χ0n) is 15.6. The van der Waals surface area contributed by atoms with Crippen LogP contribution in [0.25, 0.3) is 0 Å². The van der Waals surface area contributed by atoms with Gasteiger partial charge in [0.2, 0.25) is 11.8 Å². The van der Waals surface area contributed by atoms with Crippen molar-refractivity contribution in [3.63, 3.8) is 0 Å². The molecule has 9 nitrogen and oxygen atoms in total. The molecule has 0 spiro atoms. The van der Waals surface area contributed by atoms with Crippen molar-refractivity contribution in [2.24, 2.45) is 17.6 Å². The molecule has 3 rings (SSSR count). The number of nitrogens with two attached hydrogens (primary N) is 1. The lowest BCUT2D eigenvalue weighted by Crippen LogP contribution is -2.29. The van der Waals surface area contributed by atoms with Crippen LogP contribution in [0, 0.1) is 22.0 Å². The molecule has 0 radical (unpaired) electrons. The maximum atomic E-state index is 11.3. The third kappa shape index (κ3) is 5.74. The SMILES string of the molecule is N[C@H]1CC[C@H](CNc2nc(NC[C@H]3CCC[C@H](O)C3)ncc2[N+](=O)[O-])CC1. The Morgan fingerprint density at radius 3 is 2.59 bits per heavy atom. The molecule has 2 aliphatic carbocycles. The quantitative estimate of drug-likeness (QED) is 0.418. The molecule has 0 aromatic carbocycles. The van der Waals surface area contributed by atoms with Crippen LogP contribution in [-0.4, -0.2) is 45.2 Å². The lowest BCUT2D eigenvalue weighted by atomic mass is 9.86. The molecule has 0 saturated heterocycles. The van der Waals surface area contributed by atoms with Crippen molar-refractivity contribution in [3.8, 4) is 0 Å². The Hall–Kier alpha value is -2.00. The largest absolute Gasteiger partial charge is 0.393 e. The number of rotatable bonds is 7. The van der Waals surface area contributed by atoms with Gasteiger partial charge in [-0.15, -0.1) is 0 Å². The molecule has 0 bridgehead atoms. The Kier molecular flexibility index (Phi) is 6.78. The first-order valence-electron chi connectivity index (χ1n) is 9.94. The van der Waals surface area contributed by atoms with Gasteiger partial charge in [-0.05, 0) is 56.8 Å². The van der Waals surface area contributed by atoms with E-state index in [-0.39, 0.29) is 23.7 Å². The Balaban J connectivity index is 1.59. The summed E-state index contributed by atoms with van der Waals surface area (Å²) in [5, 5.41) is 27.4. The molecule has 9 heteroatoms. The molecule has 0 aliphatic heterocycles. The summed E-state index contributed by atoms with van der Waals surface area (Å²) in [6.07, 6.45) is 8.80. The van der Waals surface area contributed by atoms with E-state index in [1.807, 2.05) is 0 Å². The maximum Gasteiger partial charge on any atom is 0.329 e.